The third-order valence-electron chi connectivity index (χ3n) is 2.74. The van der Waals surface area contributed by atoms with Crippen molar-refractivity contribution in [3.8, 4) is 5.88 Å². The minimum atomic E-state index is -0.783. The van der Waals surface area contributed by atoms with Crippen LogP contribution in [0.1, 0.15) is 40.0 Å². The second-order valence-electron chi connectivity index (χ2n) is 4.83. The topological polar surface area (TPSA) is 75.5 Å². The van der Waals surface area contributed by atoms with Gasteiger partial charge in [0.25, 0.3) is 0 Å². The predicted molar refractivity (Wildman–Crippen MR) is 77.2 cm³/mol. The van der Waals surface area contributed by atoms with Crippen LogP contribution >= 0.6 is 0 Å². The van der Waals surface area contributed by atoms with Crippen LogP contribution in [0.5, 0.6) is 5.88 Å². The lowest BCUT2D eigenvalue weighted by atomic mass is 10.2. The van der Waals surface area contributed by atoms with Crippen molar-refractivity contribution >= 4 is 11.9 Å². The van der Waals surface area contributed by atoms with Gasteiger partial charge in [0.1, 0.15) is 0 Å². The average molecular weight is 281 g/mol. The Labute approximate surface area is 119 Å². The Hall–Kier alpha value is -1.85. The summed E-state index contributed by atoms with van der Waals surface area (Å²) in [5.74, 6) is 0.356. The zero-order valence-corrected chi connectivity index (χ0v) is 12.4. The lowest BCUT2D eigenvalue weighted by Crippen LogP contribution is -2.33. The molecule has 6 nitrogen and oxygen atoms in total. The number of carboxylic acids is 1. The maximum absolute atomic E-state index is 10.6. The second-order valence-corrected chi connectivity index (χ2v) is 4.83. The van der Waals surface area contributed by atoms with Crippen LogP contribution in [0.2, 0.25) is 0 Å². The molecule has 0 aliphatic heterocycles. The van der Waals surface area contributed by atoms with E-state index in [-0.39, 0.29) is 12.5 Å². The summed E-state index contributed by atoms with van der Waals surface area (Å²) in [5, 5.41) is 8.71. The summed E-state index contributed by atoms with van der Waals surface area (Å²) in [7, 11) is 0. The van der Waals surface area contributed by atoms with Gasteiger partial charge < -0.3 is 14.7 Å². The Bertz CT molecular complexity index is 424. The zero-order valence-electron chi connectivity index (χ0n) is 12.4. The molecule has 112 valence electrons. The zero-order chi connectivity index (χ0) is 15.0. The van der Waals surface area contributed by atoms with Crippen molar-refractivity contribution in [2.24, 2.45) is 0 Å². The van der Waals surface area contributed by atoms with Crippen LogP contribution in [0.25, 0.3) is 0 Å². The fourth-order valence-electron chi connectivity index (χ4n) is 1.75. The number of aliphatic carboxylic acids is 1. The molecule has 0 radical (unpaired) electrons. The molecule has 0 spiro atoms. The van der Waals surface area contributed by atoms with Crippen LogP contribution in [0, 0.1) is 0 Å². The smallest absolute Gasteiger partial charge is 0.303 e. The van der Waals surface area contributed by atoms with Gasteiger partial charge in [0, 0.05) is 31.3 Å². The largest absolute Gasteiger partial charge is 0.481 e. The minimum Gasteiger partial charge on any atom is -0.481 e. The number of ether oxygens (including phenoxy) is 1. The van der Waals surface area contributed by atoms with E-state index < -0.39 is 5.97 Å². The van der Waals surface area contributed by atoms with Gasteiger partial charge >= 0.3 is 5.97 Å². The molecule has 0 bridgehead atoms. The van der Waals surface area contributed by atoms with Crippen molar-refractivity contribution in [2.45, 2.75) is 46.1 Å². The third kappa shape index (κ3) is 5.42. The monoisotopic (exact) mass is 281 g/mol. The van der Waals surface area contributed by atoms with Gasteiger partial charge in [0.05, 0.1) is 6.61 Å². The number of carbonyl (C=O) groups is 1. The molecule has 0 saturated carbocycles. The molecule has 0 unspecified atom stereocenters. The molecule has 0 amide bonds. The first kappa shape index (κ1) is 16.2. The quantitative estimate of drug-likeness (QED) is 0.748. The molecule has 0 atom stereocenters. The van der Waals surface area contributed by atoms with E-state index in [0.717, 1.165) is 6.42 Å². The summed E-state index contributed by atoms with van der Waals surface area (Å²) in [6, 6.07) is 1.93. The van der Waals surface area contributed by atoms with E-state index in [1.165, 1.54) is 0 Å². The van der Waals surface area contributed by atoms with Crippen LogP contribution in [-0.4, -0.2) is 40.2 Å². The van der Waals surface area contributed by atoms with Gasteiger partial charge in [-0.25, -0.2) is 4.98 Å². The Morgan fingerprint density at radius 2 is 2.25 bits per heavy atom. The first-order valence-electron chi connectivity index (χ1n) is 6.98. The molecular formula is C14H23N3O3. The van der Waals surface area contributed by atoms with Crippen LogP contribution in [-0.2, 0) is 4.79 Å². The van der Waals surface area contributed by atoms with Gasteiger partial charge in [-0.1, -0.05) is 6.92 Å². The number of aromatic nitrogens is 2. The molecule has 0 aliphatic carbocycles. The molecule has 20 heavy (non-hydrogen) atoms. The Morgan fingerprint density at radius 3 is 2.85 bits per heavy atom. The van der Waals surface area contributed by atoms with Crippen molar-refractivity contribution in [2.75, 3.05) is 18.1 Å². The van der Waals surface area contributed by atoms with E-state index in [9.17, 15) is 4.79 Å². The minimum absolute atomic E-state index is 0.148. The maximum Gasteiger partial charge on any atom is 0.303 e. The molecule has 1 heterocycles. The van der Waals surface area contributed by atoms with Gasteiger partial charge in [-0.3, -0.25) is 4.79 Å². The van der Waals surface area contributed by atoms with Crippen LogP contribution in [0.3, 0.4) is 0 Å². The normalized spacial score (nSPS) is 10.6. The highest BCUT2D eigenvalue weighted by atomic mass is 16.5. The van der Waals surface area contributed by atoms with Crippen LogP contribution in [0.15, 0.2) is 12.3 Å². The maximum atomic E-state index is 10.6. The highest BCUT2D eigenvalue weighted by Crippen LogP contribution is 2.16. The lowest BCUT2D eigenvalue weighted by Gasteiger charge is -2.26. The highest BCUT2D eigenvalue weighted by Gasteiger charge is 2.14. The molecule has 1 N–H and O–H groups in total. The third-order valence-corrected chi connectivity index (χ3v) is 2.74. The summed E-state index contributed by atoms with van der Waals surface area (Å²) >= 11 is 0. The number of rotatable bonds is 9. The lowest BCUT2D eigenvalue weighted by molar-refractivity contribution is -0.137. The van der Waals surface area contributed by atoms with Crippen molar-refractivity contribution in [3.63, 3.8) is 0 Å². The van der Waals surface area contributed by atoms with E-state index in [1.807, 2.05) is 25.7 Å². The molecule has 1 aromatic rings. The molecule has 0 aliphatic rings. The Morgan fingerprint density at radius 1 is 1.50 bits per heavy atom. The highest BCUT2D eigenvalue weighted by molar-refractivity contribution is 5.66. The average Bonchev–Trinajstić information content (AvgIpc) is 2.41. The molecule has 1 rings (SSSR count). The molecule has 0 aromatic carbocycles. The molecular weight excluding hydrogens is 258 g/mol. The molecule has 1 aromatic heterocycles. The van der Waals surface area contributed by atoms with Crippen LogP contribution < -0.4 is 9.64 Å². The van der Waals surface area contributed by atoms with Crippen molar-refractivity contribution in [1.29, 1.82) is 0 Å². The molecule has 0 fully saturated rings. The first-order valence-corrected chi connectivity index (χ1v) is 6.98. The van der Waals surface area contributed by atoms with E-state index in [1.54, 1.807) is 12.3 Å². The summed E-state index contributed by atoms with van der Waals surface area (Å²) in [6.07, 6.45) is 3.30. The number of carboxylic acid groups (broad SMARTS) is 1. The number of hydrogen-bond donors (Lipinski definition) is 1. The van der Waals surface area contributed by atoms with E-state index in [2.05, 4.69) is 9.97 Å². The summed E-state index contributed by atoms with van der Waals surface area (Å²) in [6.45, 7) is 7.33. The molecule has 6 heteroatoms. The van der Waals surface area contributed by atoms with Gasteiger partial charge in [-0.05, 0) is 26.7 Å². The van der Waals surface area contributed by atoms with E-state index in [4.69, 9.17) is 9.84 Å². The number of anilines is 1. The van der Waals surface area contributed by atoms with Gasteiger partial charge in [0.2, 0.25) is 11.8 Å². The Kier molecular flexibility index (Phi) is 6.76. The fourth-order valence-corrected chi connectivity index (χ4v) is 1.75. The number of hydrogen-bond acceptors (Lipinski definition) is 5. The fraction of sp³-hybridized carbons (Fsp3) is 0.643. The SMILES string of the molecule is CCCOc1ccnc(N(CCCC(=O)O)C(C)C)n1. The van der Waals surface area contributed by atoms with E-state index >= 15 is 0 Å². The summed E-state index contributed by atoms with van der Waals surface area (Å²) in [4.78, 5) is 21.2. The predicted octanol–water partition coefficient (Wildman–Crippen LogP) is 2.35. The van der Waals surface area contributed by atoms with Crippen molar-refractivity contribution in [1.82, 2.24) is 9.97 Å². The van der Waals surface area contributed by atoms with Gasteiger partial charge in [0.15, 0.2) is 0 Å². The van der Waals surface area contributed by atoms with E-state index in [0.29, 0.717) is 31.4 Å². The van der Waals surface area contributed by atoms with Crippen molar-refractivity contribution in [3.05, 3.63) is 12.3 Å². The van der Waals surface area contributed by atoms with Crippen LogP contribution in [0.4, 0.5) is 5.95 Å². The first-order chi connectivity index (χ1) is 9.54. The standard InChI is InChI=1S/C14H23N3O3/c1-4-10-20-12-7-8-15-14(16-12)17(11(2)3)9-5-6-13(18)19/h7-8,11H,4-6,9-10H2,1-3H3,(H,18,19). The summed E-state index contributed by atoms with van der Waals surface area (Å²) < 4.78 is 5.50. The van der Waals surface area contributed by atoms with Crippen molar-refractivity contribution < 1.29 is 14.6 Å². The van der Waals surface area contributed by atoms with Gasteiger partial charge in [-0.15, -0.1) is 0 Å². The number of nitrogens with zero attached hydrogens (tertiary/aromatic N) is 3. The molecule has 0 saturated heterocycles. The van der Waals surface area contributed by atoms with Gasteiger partial charge in [-0.2, -0.15) is 4.98 Å². The second kappa shape index (κ2) is 8.35. The Balaban J connectivity index is 2.72. The summed E-state index contributed by atoms with van der Waals surface area (Å²) in [5.41, 5.74) is 0.